The molecule has 0 aliphatic heterocycles. The Morgan fingerprint density at radius 2 is 1.29 bits per heavy atom. The van der Waals surface area contributed by atoms with Crippen molar-refractivity contribution in [3.05, 3.63) is 187 Å². The molecule has 2 aliphatic carbocycles. The van der Waals surface area contributed by atoms with Crippen LogP contribution in [0.2, 0.25) is 19.6 Å². The summed E-state index contributed by atoms with van der Waals surface area (Å²) in [5.74, 6) is 0.654. The molecule has 62 heavy (non-hydrogen) atoms. The Balaban J connectivity index is 0.000000170. The van der Waals surface area contributed by atoms with Gasteiger partial charge in [-0.1, -0.05) is 194 Å². The summed E-state index contributed by atoms with van der Waals surface area (Å²) < 4.78 is 6.51. The van der Waals surface area contributed by atoms with E-state index in [0.29, 0.717) is 5.92 Å². The summed E-state index contributed by atoms with van der Waals surface area (Å²) in [6.07, 6.45) is 12.8. The van der Waals surface area contributed by atoms with Gasteiger partial charge in [0.2, 0.25) is 0 Å². The number of aromatic nitrogens is 2. The maximum atomic E-state index is 6.51. The predicted octanol–water partition coefficient (Wildman–Crippen LogP) is 14.7. The van der Waals surface area contributed by atoms with Gasteiger partial charge in [-0.05, 0) is 69.9 Å². The van der Waals surface area contributed by atoms with Gasteiger partial charge in [0.25, 0.3) is 0 Å². The minimum absolute atomic E-state index is 0. The Labute approximate surface area is 380 Å². The Morgan fingerprint density at radius 3 is 2.03 bits per heavy atom. The molecule has 6 aromatic carbocycles. The molecule has 0 unspecified atom stereocenters. The molecular weight excluding hydrogens is 949 g/mol. The minimum atomic E-state index is -1.31. The predicted molar refractivity (Wildman–Crippen MR) is 257 cm³/mol. The number of para-hydroxylation sites is 1. The van der Waals surface area contributed by atoms with Crippen LogP contribution in [0.4, 0.5) is 0 Å². The van der Waals surface area contributed by atoms with E-state index in [2.05, 4.69) is 177 Å². The molecule has 0 bridgehead atoms. The number of furan rings is 1. The smallest absolute Gasteiger partial charge is 0.131 e. The first-order valence-corrected chi connectivity index (χ1v) is 25.4. The zero-order valence-corrected chi connectivity index (χ0v) is 39.1. The van der Waals surface area contributed by atoms with E-state index in [-0.39, 0.29) is 20.1 Å². The van der Waals surface area contributed by atoms with Crippen LogP contribution in [0.3, 0.4) is 0 Å². The molecule has 5 heteroatoms. The van der Waals surface area contributed by atoms with Crippen molar-refractivity contribution in [2.24, 2.45) is 0 Å². The maximum absolute atomic E-state index is 6.51. The maximum Gasteiger partial charge on any atom is 0.131 e. The summed E-state index contributed by atoms with van der Waals surface area (Å²) in [7, 11) is -1.31. The van der Waals surface area contributed by atoms with Gasteiger partial charge in [-0.25, -0.2) is 0 Å². The molecule has 1 fully saturated rings. The van der Waals surface area contributed by atoms with Gasteiger partial charge in [-0.15, -0.1) is 47.0 Å². The van der Waals surface area contributed by atoms with Crippen molar-refractivity contribution in [2.75, 3.05) is 0 Å². The molecule has 0 N–H and O–H groups in total. The summed E-state index contributed by atoms with van der Waals surface area (Å²) in [4.78, 5) is 9.52. The first kappa shape index (κ1) is 41.6. The topological polar surface area (TPSA) is 38.9 Å². The summed E-state index contributed by atoms with van der Waals surface area (Å²) in [6, 6.07) is 58.6. The third-order valence-corrected chi connectivity index (χ3v) is 14.7. The third-order valence-electron chi connectivity index (χ3n) is 12.7. The van der Waals surface area contributed by atoms with E-state index in [1.54, 1.807) is 0 Å². The Kier molecular flexibility index (Phi) is 12.0. The van der Waals surface area contributed by atoms with E-state index in [9.17, 15) is 0 Å². The second-order valence-electron chi connectivity index (χ2n) is 17.8. The van der Waals surface area contributed by atoms with E-state index in [4.69, 9.17) is 14.4 Å². The van der Waals surface area contributed by atoms with Crippen molar-refractivity contribution in [1.29, 1.82) is 0 Å². The number of aryl methyl sites for hydroxylation is 2. The van der Waals surface area contributed by atoms with E-state index in [1.165, 1.54) is 81.8 Å². The standard InChI is InChI=1S/C35H28NO.C22H22NSi.Ir/c1-3-8-24(9-4-1)26-14-16-27(17-15-26)30-12-7-13-32-31-19-18-29(23-34(31)37-35(30)32)33-22-28(20-21-36-33)25-10-5-2-6-11-25;1-24(2,3)20-14-19-10-9-18-13-17(16-7-5-4-6-8-16)11-12-21(18)22(19)23-15-20;/h1,3-4,7-9,12-17,19-23,25H,2,5-6,10-11H2;4-8,11,13-15H,9-10H2,1-3H3;/q2*-1;. The SMILES string of the molecule is C[Si](C)(C)c1cnc2c(c1)CCc1cc(-c3ccccc3)c[c-]c1-2.[Ir].[c-]1cc2c(cc1-c1cc(C3CCCCC3)ccn1)oc1c(-c3ccc(-c4ccccc4)cc3)cccc12. The zero-order valence-electron chi connectivity index (χ0n) is 35.7. The van der Waals surface area contributed by atoms with E-state index in [0.717, 1.165) is 62.9 Å². The molecule has 1 radical (unpaired) electrons. The number of pyridine rings is 2. The van der Waals surface area contributed by atoms with Crippen LogP contribution in [-0.4, -0.2) is 18.0 Å². The first-order valence-electron chi connectivity index (χ1n) is 21.9. The molecule has 0 saturated heterocycles. The summed E-state index contributed by atoms with van der Waals surface area (Å²) in [5, 5.41) is 3.65. The van der Waals surface area contributed by atoms with Crippen LogP contribution in [-0.2, 0) is 32.9 Å². The summed E-state index contributed by atoms with van der Waals surface area (Å²) >= 11 is 0. The number of fused-ring (bicyclic) bond motifs is 6. The third kappa shape index (κ3) is 8.55. The number of hydrogen-bond donors (Lipinski definition) is 0. The number of nitrogens with zero attached hydrogens (tertiary/aromatic N) is 2. The van der Waals surface area contributed by atoms with Crippen LogP contribution in [0.25, 0.3) is 77.8 Å². The van der Waals surface area contributed by atoms with Gasteiger partial charge in [0.15, 0.2) is 0 Å². The Morgan fingerprint density at radius 1 is 0.597 bits per heavy atom. The molecular formula is C57H50IrN2OSi-2. The molecule has 0 atom stereocenters. The summed E-state index contributed by atoms with van der Waals surface area (Å²) in [6.45, 7) is 7.14. The van der Waals surface area contributed by atoms with Crippen LogP contribution in [0, 0.1) is 12.1 Å². The first-order chi connectivity index (χ1) is 29.9. The molecule has 3 nitrogen and oxygen atoms in total. The van der Waals surface area contributed by atoms with Crippen LogP contribution in [0.1, 0.15) is 54.7 Å². The molecule has 9 aromatic rings. The molecule has 0 spiro atoms. The molecule has 3 heterocycles. The van der Waals surface area contributed by atoms with Gasteiger partial charge in [-0.2, -0.15) is 0 Å². The van der Waals surface area contributed by atoms with Crippen LogP contribution in [0.5, 0.6) is 0 Å². The average molecular weight is 999 g/mol. The number of benzene rings is 6. The van der Waals surface area contributed by atoms with Crippen LogP contribution < -0.4 is 5.19 Å². The van der Waals surface area contributed by atoms with Crippen molar-refractivity contribution in [2.45, 2.75) is 70.5 Å². The van der Waals surface area contributed by atoms with Gasteiger partial charge < -0.3 is 14.4 Å². The van der Waals surface area contributed by atoms with Crippen molar-refractivity contribution in [1.82, 2.24) is 9.97 Å². The van der Waals surface area contributed by atoms with Gasteiger partial charge in [0, 0.05) is 38.1 Å². The van der Waals surface area contributed by atoms with Crippen molar-refractivity contribution >= 4 is 35.2 Å². The fraction of sp³-hybridized carbons (Fsp3) is 0.193. The zero-order chi connectivity index (χ0) is 41.3. The van der Waals surface area contributed by atoms with Crippen molar-refractivity contribution in [3.8, 4) is 55.9 Å². The van der Waals surface area contributed by atoms with Gasteiger partial charge in [0.05, 0.1) is 13.7 Å². The van der Waals surface area contributed by atoms with Crippen LogP contribution >= 0.6 is 0 Å². The monoisotopic (exact) mass is 999 g/mol. The normalized spacial score (nSPS) is 13.7. The van der Waals surface area contributed by atoms with Gasteiger partial charge in [0.1, 0.15) is 5.58 Å². The minimum Gasteiger partial charge on any atom is -0.476 e. The average Bonchev–Trinajstić information content (AvgIpc) is 3.70. The van der Waals surface area contributed by atoms with Crippen molar-refractivity contribution < 1.29 is 24.5 Å². The molecule has 11 rings (SSSR count). The van der Waals surface area contributed by atoms with Gasteiger partial charge in [-0.3, -0.25) is 0 Å². The Hall–Kier alpha value is -5.71. The van der Waals surface area contributed by atoms with Crippen LogP contribution in [0.15, 0.2) is 162 Å². The quantitative estimate of drug-likeness (QED) is 0.123. The largest absolute Gasteiger partial charge is 0.476 e. The van der Waals surface area contributed by atoms with E-state index in [1.807, 2.05) is 12.3 Å². The number of rotatable bonds is 6. The second-order valence-corrected chi connectivity index (χ2v) is 22.9. The Bertz CT molecular complexity index is 2980. The van der Waals surface area contributed by atoms with E-state index < -0.39 is 8.07 Å². The molecule has 2 aliphatic rings. The molecule has 1 saturated carbocycles. The van der Waals surface area contributed by atoms with E-state index >= 15 is 0 Å². The van der Waals surface area contributed by atoms with Crippen molar-refractivity contribution in [3.63, 3.8) is 0 Å². The molecule has 0 amide bonds. The molecule has 309 valence electrons. The summed E-state index contributed by atoms with van der Waals surface area (Å²) in [5.41, 5.74) is 17.4. The fourth-order valence-electron chi connectivity index (χ4n) is 9.23. The van der Waals surface area contributed by atoms with Gasteiger partial charge >= 0.3 is 0 Å². The molecule has 3 aromatic heterocycles. The number of hydrogen-bond acceptors (Lipinski definition) is 3. The fourth-order valence-corrected chi connectivity index (χ4v) is 10.3. The second kappa shape index (κ2) is 17.9.